The first-order valence-corrected chi connectivity index (χ1v) is 9.96. The highest BCUT2D eigenvalue weighted by molar-refractivity contribution is 7.91. The fourth-order valence-electron chi connectivity index (χ4n) is 3.21. The van der Waals surface area contributed by atoms with Crippen molar-refractivity contribution in [2.75, 3.05) is 18.6 Å². The Balaban J connectivity index is 1.70. The van der Waals surface area contributed by atoms with Gasteiger partial charge in [0.25, 0.3) is 0 Å². The summed E-state index contributed by atoms with van der Waals surface area (Å²) in [6, 6.07) is 4.26. The Kier molecular flexibility index (Phi) is 4.48. The third-order valence-corrected chi connectivity index (χ3v) is 6.82. The second kappa shape index (κ2) is 6.29. The zero-order valence-electron chi connectivity index (χ0n) is 14.4. The average Bonchev–Trinajstić information content (AvgIpc) is 3.12. The molecule has 7 heteroatoms. The lowest BCUT2D eigenvalue weighted by atomic mass is 10.0. The van der Waals surface area contributed by atoms with Crippen molar-refractivity contribution in [1.29, 1.82) is 0 Å². The smallest absolute Gasteiger partial charge is 0.152 e. The van der Waals surface area contributed by atoms with Crippen molar-refractivity contribution < 1.29 is 8.42 Å². The van der Waals surface area contributed by atoms with Crippen molar-refractivity contribution in [2.24, 2.45) is 0 Å². The maximum Gasteiger partial charge on any atom is 0.152 e. The Morgan fingerprint density at radius 3 is 2.83 bits per heavy atom. The van der Waals surface area contributed by atoms with E-state index in [9.17, 15) is 8.42 Å². The van der Waals surface area contributed by atoms with Gasteiger partial charge in [0, 0.05) is 36.7 Å². The molecule has 6 nitrogen and oxygen atoms in total. The number of nitrogens with zero attached hydrogens (tertiary/aromatic N) is 4. The van der Waals surface area contributed by atoms with Crippen molar-refractivity contribution >= 4 is 9.84 Å². The van der Waals surface area contributed by atoms with Crippen LogP contribution in [0.25, 0.3) is 0 Å². The lowest BCUT2D eigenvalue weighted by Gasteiger charge is -2.25. The zero-order chi connectivity index (χ0) is 17.4. The Bertz CT molecular complexity index is 803. The van der Waals surface area contributed by atoms with Gasteiger partial charge in [0.1, 0.15) is 0 Å². The summed E-state index contributed by atoms with van der Waals surface area (Å²) in [4.78, 5) is 6.40. The van der Waals surface area contributed by atoms with Crippen LogP contribution >= 0.6 is 0 Å². The van der Waals surface area contributed by atoms with Crippen LogP contribution < -0.4 is 0 Å². The van der Waals surface area contributed by atoms with E-state index in [0.29, 0.717) is 6.42 Å². The molecule has 24 heavy (non-hydrogen) atoms. The molecule has 0 saturated carbocycles. The molecule has 3 heterocycles. The minimum absolute atomic E-state index is 0.170. The third-order valence-electron chi connectivity index (χ3n) is 4.93. The van der Waals surface area contributed by atoms with Gasteiger partial charge in [-0.15, -0.1) is 0 Å². The number of aromatic nitrogens is 3. The Morgan fingerprint density at radius 1 is 1.42 bits per heavy atom. The van der Waals surface area contributed by atoms with Gasteiger partial charge in [0.2, 0.25) is 0 Å². The number of sulfone groups is 1. The topological polar surface area (TPSA) is 68.1 Å². The Labute approximate surface area is 143 Å². The van der Waals surface area contributed by atoms with Gasteiger partial charge in [-0.25, -0.2) is 8.42 Å². The molecule has 3 rings (SSSR count). The van der Waals surface area contributed by atoms with Crippen LogP contribution in [0, 0.1) is 0 Å². The van der Waals surface area contributed by atoms with E-state index in [4.69, 9.17) is 0 Å². The zero-order valence-corrected chi connectivity index (χ0v) is 15.2. The lowest BCUT2D eigenvalue weighted by molar-refractivity contribution is 0.252. The maximum absolute atomic E-state index is 11.8. The normalized spacial score (nSPS) is 24.3. The number of pyridine rings is 1. The summed E-state index contributed by atoms with van der Waals surface area (Å²) >= 11 is 0. The van der Waals surface area contributed by atoms with Crippen LogP contribution in [0.3, 0.4) is 0 Å². The van der Waals surface area contributed by atoms with E-state index in [1.807, 2.05) is 36.3 Å². The predicted octanol–water partition coefficient (Wildman–Crippen LogP) is 2.00. The van der Waals surface area contributed by atoms with E-state index in [2.05, 4.69) is 35.0 Å². The largest absolute Gasteiger partial charge is 0.295 e. The molecule has 2 aromatic rings. The van der Waals surface area contributed by atoms with E-state index in [0.717, 1.165) is 12.1 Å². The summed E-state index contributed by atoms with van der Waals surface area (Å²) in [6.07, 6.45) is 8.10. The summed E-state index contributed by atoms with van der Waals surface area (Å²) in [5.74, 6) is 0.416. The molecule has 1 aliphatic heterocycles. The van der Waals surface area contributed by atoms with Crippen LogP contribution in [-0.2, 0) is 21.9 Å². The highest BCUT2D eigenvalue weighted by Gasteiger charge is 2.40. The molecule has 0 aliphatic carbocycles. The minimum Gasteiger partial charge on any atom is -0.295 e. The summed E-state index contributed by atoms with van der Waals surface area (Å²) in [7, 11) is -0.877. The molecule has 1 aliphatic rings. The molecule has 2 aromatic heterocycles. The fourth-order valence-corrected chi connectivity index (χ4v) is 5.33. The standard InChI is InChI=1S/C17H24N4O2S/c1-14(16-5-4-7-18-10-16)20(3)11-15-9-19-21(12-15)17(2)6-8-24(22,23)13-17/h4-5,7,9-10,12,14H,6,8,11,13H2,1-3H3/t14-,17-/m1/s1. The van der Waals surface area contributed by atoms with Gasteiger partial charge in [-0.05, 0) is 38.9 Å². The van der Waals surface area contributed by atoms with Crippen LogP contribution in [0.4, 0.5) is 0 Å². The molecule has 1 saturated heterocycles. The van der Waals surface area contributed by atoms with Crippen LogP contribution in [0.5, 0.6) is 0 Å². The van der Waals surface area contributed by atoms with Gasteiger partial charge in [-0.2, -0.15) is 5.10 Å². The second-order valence-electron chi connectivity index (χ2n) is 7.01. The van der Waals surface area contributed by atoms with Crippen molar-refractivity contribution in [1.82, 2.24) is 19.7 Å². The van der Waals surface area contributed by atoms with Gasteiger partial charge < -0.3 is 0 Å². The highest BCUT2D eigenvalue weighted by Crippen LogP contribution is 2.30. The lowest BCUT2D eigenvalue weighted by Crippen LogP contribution is -2.31. The second-order valence-corrected chi connectivity index (χ2v) is 9.19. The first-order chi connectivity index (χ1) is 11.3. The van der Waals surface area contributed by atoms with Crippen LogP contribution in [0.15, 0.2) is 36.9 Å². The van der Waals surface area contributed by atoms with Crippen molar-refractivity contribution in [3.63, 3.8) is 0 Å². The summed E-state index contributed by atoms with van der Waals surface area (Å²) in [5.41, 5.74) is 1.82. The molecule has 0 spiro atoms. The van der Waals surface area contributed by atoms with E-state index < -0.39 is 15.4 Å². The molecule has 0 amide bonds. The SMILES string of the molecule is C[C@H](c1cccnc1)N(C)Cc1cnn([C@]2(C)CCS(=O)(=O)C2)c1. The molecular weight excluding hydrogens is 324 g/mol. The van der Waals surface area contributed by atoms with Crippen LogP contribution in [0.1, 0.15) is 37.4 Å². The third kappa shape index (κ3) is 3.52. The summed E-state index contributed by atoms with van der Waals surface area (Å²) in [6.45, 7) is 4.86. The van der Waals surface area contributed by atoms with E-state index in [-0.39, 0.29) is 17.5 Å². The molecule has 2 atom stereocenters. The molecule has 0 unspecified atom stereocenters. The van der Waals surface area contributed by atoms with Gasteiger partial charge in [-0.1, -0.05) is 6.07 Å². The number of hydrogen-bond acceptors (Lipinski definition) is 5. The Hall–Kier alpha value is -1.73. The fraction of sp³-hybridized carbons (Fsp3) is 0.529. The van der Waals surface area contributed by atoms with E-state index in [1.54, 1.807) is 6.20 Å². The molecular formula is C17H24N4O2S. The van der Waals surface area contributed by atoms with Gasteiger partial charge >= 0.3 is 0 Å². The van der Waals surface area contributed by atoms with Gasteiger partial charge in [0.05, 0.1) is 23.2 Å². The summed E-state index contributed by atoms with van der Waals surface area (Å²) in [5, 5.41) is 4.43. The van der Waals surface area contributed by atoms with Crippen molar-refractivity contribution in [3.05, 3.63) is 48.0 Å². The first kappa shape index (κ1) is 17.1. The highest BCUT2D eigenvalue weighted by atomic mass is 32.2. The Morgan fingerprint density at radius 2 is 2.21 bits per heavy atom. The number of rotatable bonds is 5. The molecule has 0 aromatic carbocycles. The minimum atomic E-state index is -2.94. The van der Waals surface area contributed by atoms with Crippen LogP contribution in [-0.4, -0.2) is 46.6 Å². The maximum atomic E-state index is 11.8. The van der Waals surface area contributed by atoms with Gasteiger partial charge in [-0.3, -0.25) is 14.6 Å². The quantitative estimate of drug-likeness (QED) is 0.827. The van der Waals surface area contributed by atoms with Gasteiger partial charge in [0.15, 0.2) is 9.84 Å². The molecule has 1 fully saturated rings. The molecule has 130 valence electrons. The molecule has 0 bridgehead atoms. The summed E-state index contributed by atoms with van der Waals surface area (Å²) < 4.78 is 25.4. The predicted molar refractivity (Wildman–Crippen MR) is 93.3 cm³/mol. The van der Waals surface area contributed by atoms with Crippen molar-refractivity contribution in [2.45, 2.75) is 38.4 Å². The number of hydrogen-bond donors (Lipinski definition) is 0. The monoisotopic (exact) mass is 348 g/mol. The molecule has 0 radical (unpaired) electrons. The van der Waals surface area contributed by atoms with E-state index in [1.165, 1.54) is 5.56 Å². The molecule has 0 N–H and O–H groups in total. The van der Waals surface area contributed by atoms with Crippen LogP contribution in [0.2, 0.25) is 0 Å². The van der Waals surface area contributed by atoms with Crippen molar-refractivity contribution in [3.8, 4) is 0 Å². The average molecular weight is 348 g/mol. The van der Waals surface area contributed by atoms with E-state index >= 15 is 0 Å². The first-order valence-electron chi connectivity index (χ1n) is 8.14.